The maximum Gasteiger partial charge on any atom is 0.324 e. The van der Waals surface area contributed by atoms with Crippen LogP contribution in [0.25, 0.3) is 0 Å². The van der Waals surface area contributed by atoms with Crippen LogP contribution in [-0.2, 0) is 19.6 Å². The summed E-state index contributed by atoms with van der Waals surface area (Å²) in [7, 11) is -2.20. The van der Waals surface area contributed by atoms with E-state index >= 15 is 0 Å². The number of rotatable bonds is 13. The van der Waals surface area contributed by atoms with Crippen LogP contribution in [0.1, 0.15) is 53.4 Å². The van der Waals surface area contributed by atoms with Gasteiger partial charge >= 0.3 is 5.97 Å². The van der Waals surface area contributed by atoms with Crippen LogP contribution in [0.2, 0.25) is 0 Å². The van der Waals surface area contributed by atoms with Gasteiger partial charge in [-0.05, 0) is 53.4 Å². The summed E-state index contributed by atoms with van der Waals surface area (Å²) >= 11 is 1.50. The molecule has 0 aliphatic rings. The number of sulfonamides is 1. The molecule has 0 aliphatic carbocycles. The van der Waals surface area contributed by atoms with Gasteiger partial charge in [0.25, 0.3) is 0 Å². The van der Waals surface area contributed by atoms with Crippen LogP contribution in [-0.4, -0.2) is 45.3 Å². The molecule has 0 aromatic rings. The summed E-state index contributed by atoms with van der Waals surface area (Å²) in [5, 5.41) is 0. The van der Waals surface area contributed by atoms with Crippen LogP contribution < -0.4 is 4.72 Å². The van der Waals surface area contributed by atoms with Gasteiger partial charge < -0.3 is 4.74 Å². The maximum atomic E-state index is 11.6. The minimum Gasteiger partial charge on any atom is -0.468 e. The highest BCUT2D eigenvalue weighted by Crippen LogP contribution is 2.13. The highest BCUT2D eigenvalue weighted by atomic mass is 32.2. The molecule has 0 spiro atoms. The maximum absolute atomic E-state index is 11.6. The van der Waals surface area contributed by atoms with E-state index in [9.17, 15) is 13.2 Å². The summed E-state index contributed by atoms with van der Waals surface area (Å²) in [4.78, 5) is 11.6. The molecule has 0 bridgehead atoms. The van der Waals surface area contributed by atoms with Crippen molar-refractivity contribution in [2.75, 3.05) is 24.9 Å². The molecule has 0 saturated carbocycles. The van der Waals surface area contributed by atoms with Crippen molar-refractivity contribution in [1.82, 2.24) is 4.72 Å². The fourth-order valence-corrected chi connectivity index (χ4v) is 4.07. The molecule has 7 heteroatoms. The van der Waals surface area contributed by atoms with Gasteiger partial charge in [-0.25, -0.2) is 13.1 Å². The second-order valence-corrected chi connectivity index (χ2v) is 9.82. The topological polar surface area (TPSA) is 72.5 Å². The van der Waals surface area contributed by atoms with Crippen molar-refractivity contribution in [3.63, 3.8) is 0 Å². The Morgan fingerprint density at radius 3 is 2.11 bits per heavy atom. The number of carbonyl (C=O) groups is 1. The predicted octanol–water partition coefficient (Wildman–Crippen LogP) is 4.23. The van der Waals surface area contributed by atoms with E-state index in [2.05, 4.69) is 55.4 Å². The fourth-order valence-electron chi connectivity index (χ4n) is 2.28. The average Bonchev–Trinajstić information content (AvgIpc) is 2.55. The Labute approximate surface area is 169 Å². The van der Waals surface area contributed by atoms with Gasteiger partial charge in [-0.1, -0.05) is 34.9 Å². The van der Waals surface area contributed by atoms with E-state index in [1.807, 2.05) is 0 Å². The highest BCUT2D eigenvalue weighted by Gasteiger charge is 2.22. The Hall–Kier alpha value is -1.05. The van der Waals surface area contributed by atoms with Crippen molar-refractivity contribution >= 4 is 27.8 Å². The predicted molar refractivity (Wildman–Crippen MR) is 117 cm³/mol. The van der Waals surface area contributed by atoms with Crippen LogP contribution in [0.4, 0.5) is 0 Å². The molecule has 0 rings (SSSR count). The summed E-state index contributed by atoms with van der Waals surface area (Å²) in [5.41, 5.74) is 4.07. The van der Waals surface area contributed by atoms with Crippen LogP contribution in [0.5, 0.6) is 0 Å². The molecule has 0 amide bonds. The molecule has 1 N–H and O–H groups in total. The quantitative estimate of drug-likeness (QED) is 0.276. The van der Waals surface area contributed by atoms with Crippen LogP contribution >= 0.6 is 11.8 Å². The smallest absolute Gasteiger partial charge is 0.324 e. The standard InChI is InChI=1S/C20H35NO4S2/c1-16(2)9-7-10-17(3)11-8-12-18(4)13-14-26-15-19(20(22)25-5)21-27(6,23)24/h9,11,13,19,21H,7-8,10,12,14-15H2,1-6H3/b17-11+,18-13+/t19-/m0/s1. The Kier molecular flexibility index (Phi) is 13.5. The Morgan fingerprint density at radius 2 is 1.59 bits per heavy atom. The van der Waals surface area contributed by atoms with Crippen molar-refractivity contribution in [2.24, 2.45) is 0 Å². The van der Waals surface area contributed by atoms with Crippen molar-refractivity contribution in [2.45, 2.75) is 59.4 Å². The van der Waals surface area contributed by atoms with Crippen molar-refractivity contribution in [1.29, 1.82) is 0 Å². The second-order valence-electron chi connectivity index (χ2n) is 6.96. The fraction of sp³-hybridized carbons (Fsp3) is 0.650. The minimum atomic E-state index is -3.45. The molecule has 5 nitrogen and oxygen atoms in total. The molecule has 0 aromatic carbocycles. The molecular formula is C20H35NO4S2. The molecular weight excluding hydrogens is 382 g/mol. The first-order valence-corrected chi connectivity index (χ1v) is 12.2. The van der Waals surface area contributed by atoms with Gasteiger partial charge in [0, 0.05) is 11.5 Å². The van der Waals surface area contributed by atoms with E-state index in [1.54, 1.807) is 0 Å². The van der Waals surface area contributed by atoms with Crippen molar-refractivity contribution in [3.05, 3.63) is 34.9 Å². The molecule has 0 unspecified atom stereocenters. The number of ether oxygens (including phenoxy) is 1. The summed E-state index contributed by atoms with van der Waals surface area (Å²) in [6.45, 7) is 8.51. The Morgan fingerprint density at radius 1 is 1.04 bits per heavy atom. The van der Waals surface area contributed by atoms with Gasteiger partial charge in [0.1, 0.15) is 6.04 Å². The highest BCUT2D eigenvalue weighted by molar-refractivity contribution is 7.99. The molecule has 27 heavy (non-hydrogen) atoms. The van der Waals surface area contributed by atoms with E-state index in [4.69, 9.17) is 0 Å². The largest absolute Gasteiger partial charge is 0.468 e. The lowest BCUT2D eigenvalue weighted by Gasteiger charge is -2.14. The lowest BCUT2D eigenvalue weighted by atomic mass is 10.1. The summed E-state index contributed by atoms with van der Waals surface area (Å²) < 4.78 is 29.6. The van der Waals surface area contributed by atoms with Gasteiger partial charge in [0.15, 0.2) is 0 Å². The molecule has 1 atom stereocenters. The molecule has 0 fully saturated rings. The number of hydrogen-bond acceptors (Lipinski definition) is 5. The van der Waals surface area contributed by atoms with Gasteiger partial charge in [-0.2, -0.15) is 11.8 Å². The normalized spacial score (nSPS) is 14.0. The number of hydrogen-bond donors (Lipinski definition) is 1. The van der Waals surface area contributed by atoms with Gasteiger partial charge in [-0.3, -0.25) is 4.79 Å². The van der Waals surface area contributed by atoms with Crippen molar-refractivity contribution in [3.8, 4) is 0 Å². The second kappa shape index (κ2) is 14.0. The van der Waals surface area contributed by atoms with E-state index in [0.29, 0.717) is 5.75 Å². The zero-order valence-corrected chi connectivity index (χ0v) is 19.1. The molecule has 0 saturated heterocycles. The van der Waals surface area contributed by atoms with Gasteiger partial charge in [-0.15, -0.1) is 0 Å². The number of allylic oxidation sites excluding steroid dienone is 5. The number of carbonyl (C=O) groups excluding carboxylic acids is 1. The third kappa shape index (κ3) is 15.7. The SMILES string of the molecule is COC(=O)[C@H](CSC/C=C(\C)CC/C=C(\C)CCC=C(C)C)NS(C)(=O)=O. The van der Waals surface area contributed by atoms with Gasteiger partial charge in [0.05, 0.1) is 13.4 Å². The first-order valence-electron chi connectivity index (χ1n) is 9.12. The molecule has 0 aromatic heterocycles. The number of methoxy groups -OCH3 is 1. The summed E-state index contributed by atoms with van der Waals surface area (Å²) in [5.74, 6) is 0.503. The van der Waals surface area contributed by atoms with E-state index in [-0.39, 0.29) is 0 Å². The molecule has 0 aliphatic heterocycles. The third-order valence-corrected chi connectivity index (χ3v) is 5.48. The number of esters is 1. The lowest BCUT2D eigenvalue weighted by Crippen LogP contribution is -2.42. The molecule has 0 heterocycles. The zero-order valence-electron chi connectivity index (χ0n) is 17.5. The van der Waals surface area contributed by atoms with Gasteiger partial charge in [0.2, 0.25) is 10.0 Å². The van der Waals surface area contributed by atoms with E-state index < -0.39 is 22.0 Å². The molecule has 0 radical (unpaired) electrons. The monoisotopic (exact) mass is 417 g/mol. The van der Waals surface area contributed by atoms with Crippen LogP contribution in [0, 0.1) is 0 Å². The van der Waals surface area contributed by atoms with E-state index in [1.165, 1.54) is 35.6 Å². The average molecular weight is 418 g/mol. The first kappa shape index (κ1) is 26.0. The summed E-state index contributed by atoms with van der Waals surface area (Å²) in [6.07, 6.45) is 12.0. The van der Waals surface area contributed by atoms with E-state index in [0.717, 1.165) is 37.7 Å². The Balaban J connectivity index is 4.26. The zero-order chi connectivity index (χ0) is 20.9. The van der Waals surface area contributed by atoms with Crippen LogP contribution in [0.15, 0.2) is 34.9 Å². The van der Waals surface area contributed by atoms with Crippen molar-refractivity contribution < 1.29 is 17.9 Å². The third-order valence-electron chi connectivity index (χ3n) is 3.80. The molecule has 156 valence electrons. The summed E-state index contributed by atoms with van der Waals surface area (Å²) in [6, 6.07) is -0.852. The Bertz CT molecular complexity index is 645. The first-order chi connectivity index (χ1) is 12.5. The van der Waals surface area contributed by atoms with Crippen LogP contribution in [0.3, 0.4) is 0 Å². The lowest BCUT2D eigenvalue weighted by molar-refractivity contribution is -0.141. The minimum absolute atomic E-state index is 0.340. The number of nitrogens with one attached hydrogen (secondary N) is 1. The number of thioether (sulfide) groups is 1.